The van der Waals surface area contributed by atoms with Gasteiger partial charge in [0.1, 0.15) is 5.75 Å². The first kappa shape index (κ1) is 16.1. The summed E-state index contributed by atoms with van der Waals surface area (Å²) < 4.78 is 7.61. The van der Waals surface area contributed by atoms with E-state index >= 15 is 0 Å². The Morgan fingerprint density at radius 3 is 3.12 bits per heavy atom. The molecular weight excluding hydrogens is 304 g/mol. The summed E-state index contributed by atoms with van der Waals surface area (Å²) in [6.45, 7) is 3.21. The summed E-state index contributed by atoms with van der Waals surface area (Å²) in [5.74, 6) is 0.518. The van der Waals surface area contributed by atoms with Crippen LogP contribution in [0.15, 0.2) is 42.7 Å². The minimum atomic E-state index is -0.586. The van der Waals surface area contributed by atoms with Crippen LogP contribution in [-0.4, -0.2) is 39.3 Å². The third kappa shape index (κ3) is 3.57. The van der Waals surface area contributed by atoms with Gasteiger partial charge in [0.05, 0.1) is 24.2 Å². The summed E-state index contributed by atoms with van der Waals surface area (Å²) in [5, 5.41) is 13.2. The molecule has 0 N–H and O–H groups in total. The Bertz CT molecular complexity index is 736. The predicted octanol–water partition coefficient (Wildman–Crippen LogP) is 2.21. The zero-order valence-corrected chi connectivity index (χ0v) is 13.6. The van der Waals surface area contributed by atoms with E-state index in [1.54, 1.807) is 37.4 Å². The average Bonchev–Trinajstić information content (AvgIpc) is 3.26. The van der Waals surface area contributed by atoms with E-state index in [0.717, 1.165) is 19.4 Å². The molecule has 0 aliphatic carbocycles. The summed E-state index contributed by atoms with van der Waals surface area (Å²) in [6.07, 6.45) is 5.04. The Labute approximate surface area is 141 Å². The van der Waals surface area contributed by atoms with E-state index in [4.69, 9.17) is 10.00 Å². The second kappa shape index (κ2) is 7.18. The molecular formula is C18H20N4O2. The molecule has 1 amide bonds. The number of ether oxygens (including phenoxy) is 1. The Morgan fingerprint density at radius 1 is 1.50 bits per heavy atom. The van der Waals surface area contributed by atoms with Crippen molar-refractivity contribution >= 4 is 5.91 Å². The SMILES string of the molecule is CC(Oc1cccc(C#N)c1)C(=O)N1CCCC1Cn1cccn1. The van der Waals surface area contributed by atoms with Crippen LogP contribution in [0.2, 0.25) is 0 Å². The first-order chi connectivity index (χ1) is 11.7. The van der Waals surface area contributed by atoms with Gasteiger partial charge in [0.15, 0.2) is 6.10 Å². The Kier molecular flexibility index (Phi) is 4.80. The van der Waals surface area contributed by atoms with E-state index in [0.29, 0.717) is 17.9 Å². The van der Waals surface area contributed by atoms with Crippen LogP contribution in [-0.2, 0) is 11.3 Å². The van der Waals surface area contributed by atoms with E-state index in [1.165, 1.54) is 0 Å². The molecule has 6 heteroatoms. The molecule has 2 aromatic rings. The van der Waals surface area contributed by atoms with Gasteiger partial charge < -0.3 is 9.64 Å². The summed E-state index contributed by atoms with van der Waals surface area (Å²) in [6, 6.07) is 11.0. The molecule has 124 valence electrons. The van der Waals surface area contributed by atoms with Crippen LogP contribution in [0.1, 0.15) is 25.3 Å². The number of nitrogens with zero attached hydrogens (tertiary/aromatic N) is 4. The lowest BCUT2D eigenvalue weighted by molar-refractivity contribution is -0.139. The fourth-order valence-corrected chi connectivity index (χ4v) is 3.07. The maximum atomic E-state index is 12.7. The Hall–Kier alpha value is -2.81. The number of benzene rings is 1. The van der Waals surface area contributed by atoms with Gasteiger partial charge in [0.2, 0.25) is 0 Å². The third-order valence-electron chi connectivity index (χ3n) is 4.24. The summed E-state index contributed by atoms with van der Waals surface area (Å²) in [5.41, 5.74) is 0.518. The Balaban J connectivity index is 1.64. The molecule has 2 atom stereocenters. The number of carbonyl (C=O) groups is 1. The molecule has 24 heavy (non-hydrogen) atoms. The minimum absolute atomic E-state index is 0.0213. The lowest BCUT2D eigenvalue weighted by Crippen LogP contribution is -2.44. The van der Waals surface area contributed by atoms with Crippen LogP contribution in [0.5, 0.6) is 5.75 Å². The summed E-state index contributed by atoms with van der Waals surface area (Å²) >= 11 is 0. The minimum Gasteiger partial charge on any atom is -0.481 e. The van der Waals surface area contributed by atoms with Gasteiger partial charge >= 0.3 is 0 Å². The highest BCUT2D eigenvalue weighted by molar-refractivity contribution is 5.81. The monoisotopic (exact) mass is 324 g/mol. The maximum absolute atomic E-state index is 12.7. The van der Waals surface area contributed by atoms with E-state index < -0.39 is 6.10 Å². The van der Waals surface area contributed by atoms with E-state index in [1.807, 2.05) is 21.8 Å². The number of likely N-dealkylation sites (tertiary alicyclic amines) is 1. The molecule has 1 aromatic heterocycles. The van der Waals surface area contributed by atoms with Crippen molar-refractivity contribution in [1.82, 2.24) is 14.7 Å². The van der Waals surface area contributed by atoms with Crippen LogP contribution in [0.4, 0.5) is 0 Å². The smallest absolute Gasteiger partial charge is 0.263 e. The van der Waals surface area contributed by atoms with Crippen molar-refractivity contribution in [3.8, 4) is 11.8 Å². The van der Waals surface area contributed by atoms with Gasteiger partial charge in [-0.25, -0.2) is 0 Å². The number of rotatable bonds is 5. The van der Waals surface area contributed by atoms with Gasteiger partial charge in [-0.3, -0.25) is 9.48 Å². The van der Waals surface area contributed by atoms with Gasteiger partial charge in [-0.05, 0) is 44.0 Å². The number of hydrogen-bond acceptors (Lipinski definition) is 4. The second-order valence-electron chi connectivity index (χ2n) is 5.96. The standard InChI is InChI=1S/C18H20N4O2/c1-14(24-17-7-2-5-15(11-17)12-19)18(23)22-10-3-6-16(22)13-21-9-4-8-20-21/h2,4-5,7-9,11,14,16H,3,6,10,13H2,1H3. The number of carbonyl (C=O) groups excluding carboxylic acids is 1. The number of hydrogen-bond donors (Lipinski definition) is 0. The number of aromatic nitrogens is 2. The topological polar surface area (TPSA) is 71.2 Å². The highest BCUT2D eigenvalue weighted by atomic mass is 16.5. The molecule has 2 heterocycles. The predicted molar refractivity (Wildman–Crippen MR) is 88.2 cm³/mol. The van der Waals surface area contributed by atoms with Crippen LogP contribution in [0.3, 0.4) is 0 Å². The number of amides is 1. The molecule has 2 unspecified atom stereocenters. The molecule has 3 rings (SSSR count). The fraction of sp³-hybridized carbons (Fsp3) is 0.389. The van der Waals surface area contributed by atoms with Crippen molar-refractivity contribution in [2.45, 2.75) is 38.5 Å². The van der Waals surface area contributed by atoms with Crippen molar-refractivity contribution in [3.05, 3.63) is 48.3 Å². The fourth-order valence-electron chi connectivity index (χ4n) is 3.07. The van der Waals surface area contributed by atoms with Crippen LogP contribution < -0.4 is 4.74 Å². The van der Waals surface area contributed by atoms with Crippen molar-refractivity contribution in [2.24, 2.45) is 0 Å². The zero-order valence-electron chi connectivity index (χ0n) is 13.6. The van der Waals surface area contributed by atoms with Gasteiger partial charge in [0, 0.05) is 18.9 Å². The highest BCUT2D eigenvalue weighted by Crippen LogP contribution is 2.22. The Morgan fingerprint density at radius 2 is 2.38 bits per heavy atom. The zero-order chi connectivity index (χ0) is 16.9. The van der Waals surface area contributed by atoms with Crippen molar-refractivity contribution in [2.75, 3.05) is 6.54 Å². The van der Waals surface area contributed by atoms with E-state index in [2.05, 4.69) is 11.2 Å². The third-order valence-corrected chi connectivity index (χ3v) is 4.24. The largest absolute Gasteiger partial charge is 0.481 e. The quantitative estimate of drug-likeness (QED) is 0.845. The van der Waals surface area contributed by atoms with E-state index in [-0.39, 0.29) is 11.9 Å². The first-order valence-corrected chi connectivity index (χ1v) is 8.12. The van der Waals surface area contributed by atoms with Gasteiger partial charge in [-0.15, -0.1) is 0 Å². The molecule has 1 aliphatic rings. The molecule has 0 saturated carbocycles. The van der Waals surface area contributed by atoms with Crippen molar-refractivity contribution in [3.63, 3.8) is 0 Å². The van der Waals surface area contributed by atoms with Crippen molar-refractivity contribution in [1.29, 1.82) is 5.26 Å². The lowest BCUT2D eigenvalue weighted by Gasteiger charge is -2.27. The van der Waals surface area contributed by atoms with Crippen molar-refractivity contribution < 1.29 is 9.53 Å². The van der Waals surface area contributed by atoms with Crippen LogP contribution >= 0.6 is 0 Å². The summed E-state index contributed by atoms with van der Waals surface area (Å²) in [4.78, 5) is 14.6. The molecule has 1 fully saturated rings. The maximum Gasteiger partial charge on any atom is 0.263 e. The molecule has 6 nitrogen and oxygen atoms in total. The first-order valence-electron chi connectivity index (χ1n) is 8.12. The highest BCUT2D eigenvalue weighted by Gasteiger charge is 2.32. The second-order valence-corrected chi connectivity index (χ2v) is 5.96. The van der Waals surface area contributed by atoms with E-state index in [9.17, 15) is 4.79 Å². The molecule has 1 aromatic carbocycles. The summed E-state index contributed by atoms with van der Waals surface area (Å²) in [7, 11) is 0. The van der Waals surface area contributed by atoms with Gasteiger partial charge in [0.25, 0.3) is 5.91 Å². The molecule has 0 bridgehead atoms. The average molecular weight is 324 g/mol. The number of nitriles is 1. The normalized spacial score (nSPS) is 18.2. The van der Waals surface area contributed by atoms with Crippen LogP contribution in [0, 0.1) is 11.3 Å². The lowest BCUT2D eigenvalue weighted by atomic mass is 10.2. The molecule has 1 aliphatic heterocycles. The van der Waals surface area contributed by atoms with Gasteiger partial charge in [-0.2, -0.15) is 10.4 Å². The van der Waals surface area contributed by atoms with Gasteiger partial charge in [-0.1, -0.05) is 6.07 Å². The molecule has 1 saturated heterocycles. The molecule has 0 radical (unpaired) electrons. The van der Waals surface area contributed by atoms with Crippen LogP contribution in [0.25, 0.3) is 0 Å². The molecule has 0 spiro atoms.